The molecule has 0 spiro atoms. The van der Waals surface area contributed by atoms with E-state index in [1.165, 1.54) is 6.07 Å². The number of benzene rings is 1. The molecule has 0 saturated carbocycles. The van der Waals surface area contributed by atoms with Gasteiger partial charge in [-0.15, -0.1) is 0 Å². The molecule has 2 heterocycles. The quantitative estimate of drug-likeness (QED) is 0.662. The molecule has 1 aromatic carbocycles. The van der Waals surface area contributed by atoms with Gasteiger partial charge in [0.2, 0.25) is 0 Å². The molecule has 7 nitrogen and oxygen atoms in total. The minimum absolute atomic E-state index is 0.261. The van der Waals surface area contributed by atoms with Gasteiger partial charge in [-0.3, -0.25) is 4.68 Å². The summed E-state index contributed by atoms with van der Waals surface area (Å²) >= 11 is 6.17. The highest BCUT2D eigenvalue weighted by Gasteiger charge is 2.24. The Morgan fingerprint density at radius 1 is 1.36 bits per heavy atom. The maximum Gasteiger partial charge on any atom is 0.435 e. The molecule has 3 rings (SSSR count). The van der Waals surface area contributed by atoms with Crippen LogP contribution < -0.4 is 0 Å². The SMILES string of the molecule is Cn1cc(-c2nn(C(=O)OC(C)(C)C)c3cc(C#N)c(Cl)cc23)cn1. The fraction of sp³-hybridized carbons (Fsp3) is 0.294. The molecule has 0 atom stereocenters. The van der Waals surface area contributed by atoms with Crippen molar-refractivity contribution in [3.05, 3.63) is 35.1 Å². The first-order valence-corrected chi connectivity index (χ1v) is 7.92. The minimum Gasteiger partial charge on any atom is -0.442 e. The van der Waals surface area contributed by atoms with Gasteiger partial charge in [-0.25, -0.2) is 4.79 Å². The second kappa shape index (κ2) is 5.90. The number of nitrogens with zero attached hydrogens (tertiary/aromatic N) is 5. The molecule has 128 valence electrons. The molecule has 0 N–H and O–H groups in total. The molecular weight excluding hydrogens is 342 g/mol. The van der Waals surface area contributed by atoms with E-state index < -0.39 is 11.7 Å². The van der Waals surface area contributed by atoms with E-state index in [1.54, 1.807) is 51.0 Å². The highest BCUT2D eigenvalue weighted by Crippen LogP contribution is 2.32. The molecular formula is C17H16ClN5O2. The summed E-state index contributed by atoms with van der Waals surface area (Å²) in [6.45, 7) is 5.32. The topological polar surface area (TPSA) is 85.7 Å². The fourth-order valence-electron chi connectivity index (χ4n) is 2.42. The van der Waals surface area contributed by atoms with Crippen molar-refractivity contribution in [2.45, 2.75) is 26.4 Å². The maximum absolute atomic E-state index is 12.6. The third-order valence-corrected chi connectivity index (χ3v) is 3.75. The summed E-state index contributed by atoms with van der Waals surface area (Å²) in [5.41, 5.74) is 1.32. The van der Waals surface area contributed by atoms with E-state index in [9.17, 15) is 10.1 Å². The van der Waals surface area contributed by atoms with Crippen molar-refractivity contribution in [1.29, 1.82) is 5.26 Å². The molecule has 0 aliphatic carbocycles. The number of carbonyl (C=O) groups is 1. The van der Waals surface area contributed by atoms with Gasteiger partial charge < -0.3 is 4.74 Å². The molecule has 0 amide bonds. The van der Waals surface area contributed by atoms with Crippen LogP contribution in [-0.4, -0.2) is 31.3 Å². The molecule has 0 saturated heterocycles. The number of ether oxygens (including phenoxy) is 1. The second-order valence-corrected chi connectivity index (χ2v) is 7.01. The molecule has 0 bridgehead atoms. The predicted molar refractivity (Wildman–Crippen MR) is 93.3 cm³/mol. The van der Waals surface area contributed by atoms with E-state index in [0.29, 0.717) is 21.6 Å². The van der Waals surface area contributed by atoms with Crippen LogP contribution in [-0.2, 0) is 11.8 Å². The molecule has 0 fully saturated rings. The predicted octanol–water partition coefficient (Wildman–Crippen LogP) is 3.75. The van der Waals surface area contributed by atoms with Crippen LogP contribution in [0.2, 0.25) is 5.02 Å². The van der Waals surface area contributed by atoms with Crippen LogP contribution in [0.3, 0.4) is 0 Å². The Morgan fingerprint density at radius 2 is 2.08 bits per heavy atom. The number of halogens is 1. The second-order valence-electron chi connectivity index (χ2n) is 6.60. The summed E-state index contributed by atoms with van der Waals surface area (Å²) in [5, 5.41) is 18.7. The zero-order valence-corrected chi connectivity index (χ0v) is 15.0. The summed E-state index contributed by atoms with van der Waals surface area (Å²) in [6.07, 6.45) is 2.81. The Hall–Kier alpha value is -2.85. The van der Waals surface area contributed by atoms with Gasteiger partial charge in [0.05, 0.1) is 22.3 Å². The third-order valence-electron chi connectivity index (χ3n) is 3.43. The van der Waals surface area contributed by atoms with E-state index in [0.717, 1.165) is 10.2 Å². The lowest BCUT2D eigenvalue weighted by atomic mass is 10.1. The minimum atomic E-state index is -0.672. The number of rotatable bonds is 1. The monoisotopic (exact) mass is 357 g/mol. The standard InChI is InChI=1S/C17H16ClN5O2/c1-17(2,3)25-16(24)23-14-5-10(7-19)13(18)6-12(14)15(21-23)11-8-20-22(4)9-11/h5-6,8-9H,1-4H3. The third kappa shape index (κ3) is 3.21. The van der Waals surface area contributed by atoms with Crippen LogP contribution in [0.1, 0.15) is 26.3 Å². The van der Waals surface area contributed by atoms with Gasteiger partial charge in [-0.05, 0) is 32.9 Å². The first kappa shape index (κ1) is 17.0. The van der Waals surface area contributed by atoms with Crippen molar-refractivity contribution < 1.29 is 9.53 Å². The number of aromatic nitrogens is 4. The molecule has 25 heavy (non-hydrogen) atoms. The van der Waals surface area contributed by atoms with Gasteiger partial charge >= 0.3 is 6.09 Å². The highest BCUT2D eigenvalue weighted by molar-refractivity contribution is 6.32. The number of hydrogen-bond donors (Lipinski definition) is 0. The lowest BCUT2D eigenvalue weighted by molar-refractivity contribution is 0.0523. The van der Waals surface area contributed by atoms with Crippen LogP contribution in [0.15, 0.2) is 24.5 Å². The van der Waals surface area contributed by atoms with Gasteiger partial charge in [-0.1, -0.05) is 11.6 Å². The number of carbonyl (C=O) groups excluding carboxylic acids is 1. The molecule has 8 heteroatoms. The number of fused-ring (bicyclic) bond motifs is 1. The van der Waals surface area contributed by atoms with Gasteiger partial charge in [0.1, 0.15) is 17.4 Å². The van der Waals surface area contributed by atoms with Crippen LogP contribution >= 0.6 is 11.6 Å². The zero-order valence-electron chi connectivity index (χ0n) is 14.2. The van der Waals surface area contributed by atoms with Crippen molar-refractivity contribution in [2.24, 2.45) is 7.05 Å². The normalized spacial score (nSPS) is 11.5. The van der Waals surface area contributed by atoms with E-state index in [4.69, 9.17) is 16.3 Å². The lowest BCUT2D eigenvalue weighted by Gasteiger charge is -2.19. The molecule has 2 aromatic heterocycles. The molecule has 0 aliphatic heterocycles. The highest BCUT2D eigenvalue weighted by atomic mass is 35.5. The molecule has 0 aliphatic rings. The maximum atomic E-state index is 12.6. The average molecular weight is 358 g/mol. The van der Waals surface area contributed by atoms with Crippen LogP contribution in [0, 0.1) is 11.3 Å². The Kier molecular flexibility index (Phi) is 4.01. The van der Waals surface area contributed by atoms with Crippen molar-refractivity contribution in [2.75, 3.05) is 0 Å². The van der Waals surface area contributed by atoms with Crippen molar-refractivity contribution >= 4 is 28.6 Å². The van der Waals surface area contributed by atoms with Gasteiger partial charge in [0, 0.05) is 24.2 Å². The Morgan fingerprint density at radius 3 is 2.64 bits per heavy atom. The number of nitriles is 1. The molecule has 0 unspecified atom stereocenters. The Bertz CT molecular complexity index is 1020. The van der Waals surface area contributed by atoms with E-state index in [-0.39, 0.29) is 5.56 Å². The Balaban J connectivity index is 2.26. The summed E-state index contributed by atoms with van der Waals surface area (Å²) in [7, 11) is 1.79. The van der Waals surface area contributed by atoms with E-state index in [1.807, 2.05) is 6.07 Å². The Labute approximate surface area is 149 Å². The number of aryl methyl sites for hydroxylation is 1. The first-order valence-electron chi connectivity index (χ1n) is 7.54. The zero-order chi connectivity index (χ0) is 18.4. The van der Waals surface area contributed by atoms with Gasteiger partial charge in [0.15, 0.2) is 0 Å². The lowest BCUT2D eigenvalue weighted by Crippen LogP contribution is -2.27. The van der Waals surface area contributed by atoms with Gasteiger partial charge in [0.25, 0.3) is 0 Å². The van der Waals surface area contributed by atoms with Crippen molar-refractivity contribution in [1.82, 2.24) is 19.6 Å². The number of hydrogen-bond acceptors (Lipinski definition) is 5. The van der Waals surface area contributed by atoms with Crippen LogP contribution in [0.5, 0.6) is 0 Å². The van der Waals surface area contributed by atoms with E-state index >= 15 is 0 Å². The van der Waals surface area contributed by atoms with Crippen LogP contribution in [0.25, 0.3) is 22.2 Å². The molecule has 0 radical (unpaired) electrons. The first-order chi connectivity index (χ1) is 11.7. The van der Waals surface area contributed by atoms with Crippen molar-refractivity contribution in [3.8, 4) is 17.3 Å². The average Bonchev–Trinajstić information content (AvgIpc) is 3.08. The van der Waals surface area contributed by atoms with Crippen molar-refractivity contribution in [3.63, 3.8) is 0 Å². The van der Waals surface area contributed by atoms with E-state index in [2.05, 4.69) is 10.2 Å². The summed E-state index contributed by atoms with van der Waals surface area (Å²) < 4.78 is 8.21. The van der Waals surface area contributed by atoms with Crippen LogP contribution in [0.4, 0.5) is 4.79 Å². The fourth-order valence-corrected chi connectivity index (χ4v) is 2.63. The summed E-state index contributed by atoms with van der Waals surface area (Å²) in [4.78, 5) is 12.6. The summed E-state index contributed by atoms with van der Waals surface area (Å²) in [6, 6.07) is 5.18. The smallest absolute Gasteiger partial charge is 0.435 e. The summed E-state index contributed by atoms with van der Waals surface area (Å²) in [5.74, 6) is 0. The largest absolute Gasteiger partial charge is 0.442 e. The molecule has 3 aromatic rings. The van der Waals surface area contributed by atoms with Gasteiger partial charge in [-0.2, -0.15) is 20.1 Å².